The monoisotopic (exact) mass is 260 g/mol. The molecule has 0 saturated heterocycles. The largest absolute Gasteiger partial charge is 0.722 e. The fourth-order valence-electron chi connectivity index (χ4n) is 0.858. The number of halogens is 1. The molecule has 0 radical (unpaired) electrons. The van der Waals surface area contributed by atoms with E-state index in [1.807, 2.05) is 24.4 Å². The molecular weight excluding hydrogens is 245 g/mol. The van der Waals surface area contributed by atoms with Crippen LogP contribution >= 0.6 is 0 Å². The minimum Gasteiger partial charge on any atom is -0.722 e. The van der Waals surface area contributed by atoms with Gasteiger partial charge >= 0.3 is 0 Å². The zero-order chi connectivity index (χ0) is 13.3. The summed E-state index contributed by atoms with van der Waals surface area (Å²) in [7, 11) is -5.42. The van der Waals surface area contributed by atoms with Gasteiger partial charge in [0.15, 0.2) is 0 Å². The zero-order valence-corrected chi connectivity index (χ0v) is 10.5. The first-order valence-corrected chi connectivity index (χ1v) is 6.37. The SMILES string of the molecule is CC[C@@H](C)N=Cc1ccccc1.O=S(=O)([O-])F. The van der Waals surface area contributed by atoms with E-state index in [1.165, 1.54) is 5.56 Å². The lowest BCUT2D eigenvalue weighted by atomic mass is 10.2. The lowest BCUT2D eigenvalue weighted by Crippen LogP contribution is -1.94. The van der Waals surface area contributed by atoms with Gasteiger partial charge in [-0.1, -0.05) is 37.3 Å². The van der Waals surface area contributed by atoms with Crippen LogP contribution in [0.25, 0.3) is 0 Å². The summed E-state index contributed by atoms with van der Waals surface area (Å²) in [6, 6.07) is 10.6. The average molecular weight is 260 g/mol. The van der Waals surface area contributed by atoms with Gasteiger partial charge in [0.05, 0.1) is 0 Å². The van der Waals surface area contributed by atoms with Gasteiger partial charge in [0, 0.05) is 12.3 Å². The molecule has 0 N–H and O–H groups in total. The van der Waals surface area contributed by atoms with Gasteiger partial charge in [-0.2, -0.15) is 0 Å². The quantitative estimate of drug-likeness (QED) is 0.475. The topological polar surface area (TPSA) is 69.6 Å². The molecule has 1 rings (SSSR count). The van der Waals surface area contributed by atoms with Crippen LogP contribution in [0.2, 0.25) is 0 Å². The van der Waals surface area contributed by atoms with Crippen LogP contribution in [-0.4, -0.2) is 25.2 Å². The highest BCUT2D eigenvalue weighted by atomic mass is 32.3. The summed E-state index contributed by atoms with van der Waals surface area (Å²) in [6.07, 6.45) is 3.04. The Balaban J connectivity index is 0.000000437. The molecule has 0 amide bonds. The predicted octanol–water partition coefficient (Wildman–Crippen LogP) is 2.32. The molecule has 0 aliphatic rings. The standard InChI is InChI=1S/C11H15N.FHO3S/c1-3-10(2)12-9-11-7-5-4-6-8-11;1-5(2,3)4/h4-10H,3H2,1-2H3;(H,2,3,4)/p-1/t10-;/m1./s1. The van der Waals surface area contributed by atoms with Crippen molar-refractivity contribution < 1.29 is 16.9 Å². The van der Waals surface area contributed by atoms with Crippen LogP contribution in [0.4, 0.5) is 3.89 Å². The first-order chi connectivity index (χ1) is 7.83. The van der Waals surface area contributed by atoms with Crippen molar-refractivity contribution in [1.29, 1.82) is 0 Å². The second-order valence-corrected chi connectivity index (χ2v) is 4.13. The van der Waals surface area contributed by atoms with Crippen molar-refractivity contribution in [2.45, 2.75) is 26.3 Å². The first-order valence-electron chi connectivity index (χ1n) is 5.06. The highest BCUT2D eigenvalue weighted by Crippen LogP contribution is 1.98. The summed E-state index contributed by atoms with van der Waals surface area (Å²) in [4.78, 5) is 4.39. The predicted molar refractivity (Wildman–Crippen MR) is 64.6 cm³/mol. The molecule has 0 saturated carbocycles. The summed E-state index contributed by atoms with van der Waals surface area (Å²) < 4.78 is 35.3. The van der Waals surface area contributed by atoms with Crippen LogP contribution in [0.3, 0.4) is 0 Å². The fourth-order valence-corrected chi connectivity index (χ4v) is 0.858. The van der Waals surface area contributed by atoms with E-state index in [2.05, 4.69) is 31.0 Å². The van der Waals surface area contributed by atoms with Crippen LogP contribution in [0.1, 0.15) is 25.8 Å². The van der Waals surface area contributed by atoms with E-state index < -0.39 is 10.5 Å². The van der Waals surface area contributed by atoms with E-state index in [9.17, 15) is 3.89 Å². The third-order valence-corrected chi connectivity index (χ3v) is 1.87. The highest BCUT2D eigenvalue weighted by molar-refractivity contribution is 7.80. The molecule has 0 heterocycles. The molecule has 4 nitrogen and oxygen atoms in total. The highest BCUT2D eigenvalue weighted by Gasteiger charge is 1.90. The van der Waals surface area contributed by atoms with Crippen LogP contribution in [0, 0.1) is 0 Å². The Kier molecular flexibility index (Phi) is 7.32. The molecule has 17 heavy (non-hydrogen) atoms. The van der Waals surface area contributed by atoms with Crippen LogP contribution in [0.15, 0.2) is 35.3 Å². The minimum absolute atomic E-state index is 0.435. The van der Waals surface area contributed by atoms with Gasteiger partial charge in [-0.25, -0.2) is 8.42 Å². The number of hydrogen-bond donors (Lipinski definition) is 0. The first kappa shape index (κ1) is 15.7. The Labute approximate surface area is 101 Å². The Morgan fingerprint density at radius 3 is 2.29 bits per heavy atom. The van der Waals surface area contributed by atoms with Crippen molar-refractivity contribution in [1.82, 2.24) is 0 Å². The van der Waals surface area contributed by atoms with Crippen molar-refractivity contribution in [3.63, 3.8) is 0 Å². The van der Waals surface area contributed by atoms with E-state index >= 15 is 0 Å². The third kappa shape index (κ3) is 12.7. The Hall–Kier alpha value is -1.27. The van der Waals surface area contributed by atoms with Crippen molar-refractivity contribution >= 4 is 16.7 Å². The summed E-state index contributed by atoms with van der Waals surface area (Å²) >= 11 is 0. The molecule has 1 aromatic rings. The molecule has 1 atom stereocenters. The zero-order valence-electron chi connectivity index (χ0n) is 9.71. The van der Waals surface area contributed by atoms with Crippen molar-refractivity contribution in [3.05, 3.63) is 35.9 Å². The number of nitrogens with zero attached hydrogens (tertiary/aromatic N) is 1. The van der Waals surface area contributed by atoms with Crippen LogP contribution < -0.4 is 0 Å². The maximum Gasteiger partial charge on any atom is 0.255 e. The molecule has 0 aliphatic heterocycles. The van der Waals surface area contributed by atoms with E-state index in [-0.39, 0.29) is 0 Å². The molecule has 6 heteroatoms. The van der Waals surface area contributed by atoms with E-state index in [0.717, 1.165) is 6.42 Å². The Morgan fingerprint density at radius 2 is 1.88 bits per heavy atom. The lowest BCUT2D eigenvalue weighted by molar-refractivity contribution is 0.417. The number of benzene rings is 1. The Bertz CT molecular complexity index is 423. The smallest absolute Gasteiger partial charge is 0.255 e. The second-order valence-electron chi connectivity index (χ2n) is 3.34. The van der Waals surface area contributed by atoms with Gasteiger partial charge in [-0.3, -0.25) is 4.99 Å². The van der Waals surface area contributed by atoms with Crippen molar-refractivity contribution in [3.8, 4) is 0 Å². The third-order valence-electron chi connectivity index (χ3n) is 1.87. The maximum absolute atomic E-state index is 10.1. The Morgan fingerprint density at radius 1 is 1.41 bits per heavy atom. The van der Waals surface area contributed by atoms with Crippen LogP contribution in [-0.2, 0) is 10.5 Å². The van der Waals surface area contributed by atoms with Crippen LogP contribution in [0.5, 0.6) is 0 Å². The normalized spacial score (nSPS) is 12.9. The van der Waals surface area contributed by atoms with E-state index in [0.29, 0.717) is 6.04 Å². The summed E-state index contributed by atoms with van der Waals surface area (Å²) in [5.41, 5.74) is 1.18. The van der Waals surface area contributed by atoms with Gasteiger partial charge < -0.3 is 4.55 Å². The van der Waals surface area contributed by atoms with Gasteiger partial charge in [0.25, 0.3) is 10.5 Å². The molecular formula is C11H15FNO3S-. The molecule has 0 aromatic heterocycles. The van der Waals surface area contributed by atoms with Gasteiger partial charge in [0.1, 0.15) is 0 Å². The number of aliphatic imine (C=N–C) groups is 1. The maximum atomic E-state index is 10.1. The molecule has 0 bridgehead atoms. The fraction of sp³-hybridized carbons (Fsp3) is 0.364. The summed E-state index contributed by atoms with van der Waals surface area (Å²) in [6.45, 7) is 4.27. The van der Waals surface area contributed by atoms with Gasteiger partial charge in [-0.05, 0) is 18.9 Å². The minimum atomic E-state index is -5.42. The molecule has 1 aromatic carbocycles. The second kappa shape index (κ2) is 7.92. The molecule has 0 fully saturated rings. The van der Waals surface area contributed by atoms with Gasteiger partial charge in [0.2, 0.25) is 0 Å². The summed E-state index contributed by atoms with van der Waals surface area (Å²) in [5.74, 6) is 0. The lowest BCUT2D eigenvalue weighted by Gasteiger charge is -1.99. The van der Waals surface area contributed by atoms with Crippen molar-refractivity contribution in [2.75, 3.05) is 0 Å². The van der Waals surface area contributed by atoms with Gasteiger partial charge in [-0.15, -0.1) is 3.89 Å². The molecule has 0 aliphatic carbocycles. The van der Waals surface area contributed by atoms with E-state index in [4.69, 9.17) is 13.0 Å². The number of rotatable bonds is 3. The van der Waals surface area contributed by atoms with Crippen molar-refractivity contribution in [2.24, 2.45) is 4.99 Å². The summed E-state index contributed by atoms with van der Waals surface area (Å²) in [5, 5.41) is 0. The molecule has 0 unspecified atom stereocenters. The molecule has 0 spiro atoms. The average Bonchev–Trinajstić information content (AvgIpc) is 2.25. The molecule has 96 valence electrons. The number of hydrogen-bond acceptors (Lipinski definition) is 4. The van der Waals surface area contributed by atoms with E-state index in [1.54, 1.807) is 0 Å².